The van der Waals surface area contributed by atoms with Crippen LogP contribution in [-0.2, 0) is 16.7 Å². The summed E-state index contributed by atoms with van der Waals surface area (Å²) < 4.78 is 5.26. The summed E-state index contributed by atoms with van der Waals surface area (Å²) in [6.45, 7) is 2.09. The quantitative estimate of drug-likeness (QED) is 0.844. The number of ether oxygens (including phenoxy) is 1. The summed E-state index contributed by atoms with van der Waals surface area (Å²) in [6, 6.07) is 8.71. The van der Waals surface area contributed by atoms with Crippen molar-refractivity contribution in [1.82, 2.24) is 0 Å². The third kappa shape index (κ3) is 2.28. The van der Waals surface area contributed by atoms with Gasteiger partial charge in [-0.15, -0.1) is 0 Å². The van der Waals surface area contributed by atoms with Gasteiger partial charge in [-0.3, -0.25) is 0 Å². The van der Waals surface area contributed by atoms with E-state index in [2.05, 4.69) is 31.2 Å². The second kappa shape index (κ2) is 4.56. The van der Waals surface area contributed by atoms with E-state index in [1.54, 1.807) is 7.11 Å². The van der Waals surface area contributed by atoms with Crippen LogP contribution in [0.5, 0.6) is 0 Å². The van der Waals surface area contributed by atoms with Crippen molar-refractivity contribution in [3.8, 4) is 0 Å². The fraction of sp³-hybridized carbons (Fsp3) is 0.571. The molecule has 88 valence electrons. The van der Waals surface area contributed by atoms with E-state index in [0.717, 1.165) is 19.3 Å². The van der Waals surface area contributed by atoms with Crippen molar-refractivity contribution in [2.45, 2.75) is 44.2 Å². The van der Waals surface area contributed by atoms with Crippen molar-refractivity contribution >= 4 is 0 Å². The zero-order valence-electron chi connectivity index (χ0n) is 10.2. The summed E-state index contributed by atoms with van der Waals surface area (Å²) in [4.78, 5) is 0. The molecule has 1 unspecified atom stereocenters. The molecular weight excluding hydrogens is 198 g/mol. The maximum Gasteiger partial charge on any atom is 0.0583 e. The molecular formula is C14H21NO. The standard InChI is InChI=1S/C14H21NO/c1-11(16-2)10-12-4-6-13(7-5-12)14(15)8-3-9-14/h4-7,11H,3,8-10,15H2,1-2H3. The van der Waals surface area contributed by atoms with Crippen LogP contribution >= 0.6 is 0 Å². The van der Waals surface area contributed by atoms with Crippen LogP contribution < -0.4 is 5.73 Å². The van der Waals surface area contributed by atoms with Gasteiger partial charge in [0.15, 0.2) is 0 Å². The van der Waals surface area contributed by atoms with Gasteiger partial charge in [-0.25, -0.2) is 0 Å². The highest BCUT2D eigenvalue weighted by molar-refractivity contribution is 5.30. The van der Waals surface area contributed by atoms with Crippen LogP contribution in [-0.4, -0.2) is 13.2 Å². The van der Waals surface area contributed by atoms with E-state index in [1.165, 1.54) is 17.5 Å². The van der Waals surface area contributed by atoms with Crippen molar-refractivity contribution in [3.05, 3.63) is 35.4 Å². The van der Waals surface area contributed by atoms with Crippen LogP contribution in [0, 0.1) is 0 Å². The van der Waals surface area contributed by atoms with Crippen molar-refractivity contribution in [2.75, 3.05) is 7.11 Å². The van der Waals surface area contributed by atoms with Gasteiger partial charge >= 0.3 is 0 Å². The zero-order valence-corrected chi connectivity index (χ0v) is 10.2. The molecule has 0 amide bonds. The number of nitrogens with two attached hydrogens (primary N) is 1. The number of hydrogen-bond donors (Lipinski definition) is 1. The maximum atomic E-state index is 6.28. The summed E-state index contributed by atoms with van der Waals surface area (Å²) in [5, 5.41) is 0. The zero-order chi connectivity index (χ0) is 11.6. The topological polar surface area (TPSA) is 35.2 Å². The van der Waals surface area contributed by atoms with Gasteiger partial charge in [0.1, 0.15) is 0 Å². The van der Waals surface area contributed by atoms with E-state index < -0.39 is 0 Å². The van der Waals surface area contributed by atoms with E-state index in [1.807, 2.05) is 0 Å². The molecule has 1 fully saturated rings. The first kappa shape index (κ1) is 11.6. The third-order valence-corrected chi connectivity index (χ3v) is 3.70. The minimum Gasteiger partial charge on any atom is -0.381 e. The fourth-order valence-corrected chi connectivity index (χ4v) is 2.23. The van der Waals surface area contributed by atoms with Gasteiger partial charge in [0.05, 0.1) is 6.10 Å². The van der Waals surface area contributed by atoms with Gasteiger partial charge in [0.2, 0.25) is 0 Å². The highest BCUT2D eigenvalue weighted by Gasteiger charge is 2.33. The van der Waals surface area contributed by atoms with Crippen molar-refractivity contribution in [3.63, 3.8) is 0 Å². The molecule has 1 atom stereocenters. The molecule has 1 aromatic rings. The Hall–Kier alpha value is -0.860. The second-order valence-electron chi connectivity index (χ2n) is 4.96. The van der Waals surface area contributed by atoms with E-state index >= 15 is 0 Å². The van der Waals surface area contributed by atoms with Crippen molar-refractivity contribution in [1.29, 1.82) is 0 Å². The number of benzene rings is 1. The molecule has 0 aromatic heterocycles. The Labute approximate surface area is 97.8 Å². The Bertz CT molecular complexity index is 340. The van der Waals surface area contributed by atoms with Crippen LogP contribution in [0.3, 0.4) is 0 Å². The fourth-order valence-electron chi connectivity index (χ4n) is 2.23. The Kier molecular flexibility index (Phi) is 3.31. The van der Waals surface area contributed by atoms with Crippen molar-refractivity contribution < 1.29 is 4.74 Å². The Morgan fingerprint density at radius 1 is 1.31 bits per heavy atom. The molecule has 0 radical (unpaired) electrons. The van der Waals surface area contributed by atoms with Crippen LogP contribution in [0.15, 0.2) is 24.3 Å². The van der Waals surface area contributed by atoms with Gasteiger partial charge in [0.25, 0.3) is 0 Å². The molecule has 2 rings (SSSR count). The molecule has 1 aliphatic carbocycles. The molecule has 1 aromatic carbocycles. The Morgan fingerprint density at radius 3 is 2.38 bits per heavy atom. The van der Waals surface area contributed by atoms with E-state index in [0.29, 0.717) is 0 Å². The molecule has 1 aliphatic rings. The first-order chi connectivity index (χ1) is 7.64. The lowest BCUT2D eigenvalue weighted by molar-refractivity contribution is 0.119. The summed E-state index contributed by atoms with van der Waals surface area (Å²) in [5.41, 5.74) is 8.85. The molecule has 2 nitrogen and oxygen atoms in total. The van der Waals surface area contributed by atoms with E-state index in [-0.39, 0.29) is 11.6 Å². The lowest BCUT2D eigenvalue weighted by Gasteiger charge is -2.38. The summed E-state index contributed by atoms with van der Waals surface area (Å²) in [5.74, 6) is 0. The predicted octanol–water partition coefficient (Wildman–Crippen LogP) is 2.60. The first-order valence-electron chi connectivity index (χ1n) is 6.05. The molecule has 0 saturated heterocycles. The van der Waals surface area contributed by atoms with Crippen LogP contribution in [0.2, 0.25) is 0 Å². The molecule has 2 N–H and O–H groups in total. The summed E-state index contributed by atoms with van der Waals surface area (Å²) >= 11 is 0. The number of methoxy groups -OCH3 is 1. The Morgan fingerprint density at radius 2 is 1.94 bits per heavy atom. The normalized spacial score (nSPS) is 20.2. The van der Waals surface area contributed by atoms with Gasteiger partial charge in [0, 0.05) is 12.6 Å². The lowest BCUT2D eigenvalue weighted by Crippen LogP contribution is -2.43. The molecule has 0 heterocycles. The number of hydrogen-bond acceptors (Lipinski definition) is 2. The first-order valence-corrected chi connectivity index (χ1v) is 6.05. The van der Waals surface area contributed by atoms with Gasteiger partial charge in [-0.1, -0.05) is 24.3 Å². The Balaban J connectivity index is 2.04. The SMILES string of the molecule is COC(C)Cc1ccc(C2(N)CCC2)cc1. The number of rotatable bonds is 4. The van der Waals surface area contributed by atoms with Crippen LogP contribution in [0.25, 0.3) is 0 Å². The third-order valence-electron chi connectivity index (χ3n) is 3.70. The monoisotopic (exact) mass is 219 g/mol. The maximum absolute atomic E-state index is 6.28. The van der Waals surface area contributed by atoms with Gasteiger partial charge < -0.3 is 10.5 Å². The van der Waals surface area contributed by atoms with E-state index in [9.17, 15) is 0 Å². The average Bonchev–Trinajstić information content (AvgIpc) is 2.27. The molecule has 0 bridgehead atoms. The second-order valence-corrected chi connectivity index (χ2v) is 4.96. The smallest absolute Gasteiger partial charge is 0.0583 e. The highest BCUT2D eigenvalue weighted by Crippen LogP contribution is 2.38. The van der Waals surface area contributed by atoms with Crippen molar-refractivity contribution in [2.24, 2.45) is 5.73 Å². The molecule has 0 aliphatic heterocycles. The van der Waals surface area contributed by atoms with Crippen LogP contribution in [0.4, 0.5) is 0 Å². The summed E-state index contributed by atoms with van der Waals surface area (Å²) in [7, 11) is 1.75. The molecule has 1 saturated carbocycles. The average molecular weight is 219 g/mol. The van der Waals surface area contributed by atoms with Gasteiger partial charge in [-0.2, -0.15) is 0 Å². The largest absolute Gasteiger partial charge is 0.381 e. The predicted molar refractivity (Wildman–Crippen MR) is 66.3 cm³/mol. The molecule has 2 heteroatoms. The van der Waals surface area contributed by atoms with E-state index in [4.69, 9.17) is 10.5 Å². The van der Waals surface area contributed by atoms with Gasteiger partial charge in [-0.05, 0) is 43.7 Å². The minimum absolute atomic E-state index is 0.0363. The minimum atomic E-state index is -0.0363. The van der Waals surface area contributed by atoms with Crippen LogP contribution in [0.1, 0.15) is 37.3 Å². The molecule has 16 heavy (non-hydrogen) atoms. The highest BCUT2D eigenvalue weighted by atomic mass is 16.5. The summed E-state index contributed by atoms with van der Waals surface area (Å²) in [6.07, 6.45) is 4.76. The molecule has 0 spiro atoms. The lowest BCUT2D eigenvalue weighted by atomic mass is 9.72.